The van der Waals surface area contributed by atoms with Crippen LogP contribution in [0.4, 0.5) is 5.95 Å². The third kappa shape index (κ3) is 3.69. The number of carbonyl (C=O) groups is 2. The Morgan fingerprint density at radius 2 is 2.35 bits per heavy atom. The van der Waals surface area contributed by atoms with Gasteiger partial charge in [-0.1, -0.05) is 13.8 Å². The minimum atomic E-state index is -0.645. The van der Waals surface area contributed by atoms with Crippen LogP contribution in [0.5, 0.6) is 0 Å². The number of hydrogen-bond donors (Lipinski definition) is 2. The quantitative estimate of drug-likeness (QED) is 0.830. The molecule has 0 saturated carbocycles. The molecule has 8 nitrogen and oxygen atoms in total. The van der Waals surface area contributed by atoms with E-state index < -0.39 is 6.04 Å². The van der Waals surface area contributed by atoms with E-state index in [4.69, 9.17) is 4.74 Å². The standard InChI is InChI=1S/C15H23N5O3/c1-9(2)6-12-17-15-18-13(21)7-11(20(15)19-12)14(22)16-8-10-4-3-5-23-10/h9-11H,3-8H2,1-2H3,(H,16,22)(H,17,18,19,21). The lowest BCUT2D eigenvalue weighted by molar-refractivity contribution is -0.129. The summed E-state index contributed by atoms with van der Waals surface area (Å²) in [6, 6.07) is -0.645. The van der Waals surface area contributed by atoms with Crippen molar-refractivity contribution in [2.24, 2.45) is 5.92 Å². The highest BCUT2D eigenvalue weighted by atomic mass is 16.5. The zero-order valence-corrected chi connectivity index (χ0v) is 13.5. The van der Waals surface area contributed by atoms with Crippen molar-refractivity contribution in [3.8, 4) is 0 Å². The van der Waals surface area contributed by atoms with Gasteiger partial charge in [-0.05, 0) is 18.8 Å². The first-order chi connectivity index (χ1) is 11.0. The highest BCUT2D eigenvalue weighted by Crippen LogP contribution is 2.23. The summed E-state index contributed by atoms with van der Waals surface area (Å²) >= 11 is 0. The molecule has 0 aliphatic carbocycles. The predicted octanol–water partition coefficient (Wildman–Crippen LogP) is 0.655. The zero-order valence-electron chi connectivity index (χ0n) is 13.5. The minimum absolute atomic E-state index is 0.0723. The molecular formula is C15H23N5O3. The first-order valence-corrected chi connectivity index (χ1v) is 8.17. The molecule has 23 heavy (non-hydrogen) atoms. The molecule has 3 heterocycles. The molecule has 2 atom stereocenters. The first kappa shape index (κ1) is 15.9. The molecule has 1 saturated heterocycles. The molecule has 2 aliphatic heterocycles. The van der Waals surface area contributed by atoms with Gasteiger partial charge in [0.2, 0.25) is 17.8 Å². The van der Waals surface area contributed by atoms with E-state index >= 15 is 0 Å². The summed E-state index contributed by atoms with van der Waals surface area (Å²) in [5.74, 6) is 0.987. The van der Waals surface area contributed by atoms with Gasteiger partial charge in [0, 0.05) is 19.6 Å². The summed E-state index contributed by atoms with van der Waals surface area (Å²) in [4.78, 5) is 28.6. The van der Waals surface area contributed by atoms with Gasteiger partial charge in [0.25, 0.3) is 0 Å². The van der Waals surface area contributed by atoms with Crippen LogP contribution in [-0.2, 0) is 20.7 Å². The van der Waals surface area contributed by atoms with Gasteiger partial charge >= 0.3 is 0 Å². The number of carbonyl (C=O) groups excluding carboxylic acids is 2. The smallest absolute Gasteiger partial charge is 0.245 e. The second-order valence-corrected chi connectivity index (χ2v) is 6.54. The summed E-state index contributed by atoms with van der Waals surface area (Å²) in [6.45, 7) is 5.37. The van der Waals surface area contributed by atoms with E-state index in [0.717, 1.165) is 19.4 Å². The maximum Gasteiger partial charge on any atom is 0.245 e. The van der Waals surface area contributed by atoms with Crippen LogP contribution < -0.4 is 10.6 Å². The van der Waals surface area contributed by atoms with E-state index in [2.05, 4.69) is 34.6 Å². The molecule has 8 heteroatoms. The Morgan fingerprint density at radius 1 is 1.52 bits per heavy atom. The fraction of sp³-hybridized carbons (Fsp3) is 0.733. The van der Waals surface area contributed by atoms with Crippen LogP contribution in [0, 0.1) is 5.92 Å². The van der Waals surface area contributed by atoms with E-state index in [1.54, 1.807) is 0 Å². The minimum Gasteiger partial charge on any atom is -0.376 e. The highest BCUT2D eigenvalue weighted by molar-refractivity contribution is 5.96. The van der Waals surface area contributed by atoms with Crippen molar-refractivity contribution in [3.63, 3.8) is 0 Å². The van der Waals surface area contributed by atoms with Crippen LogP contribution in [-0.4, -0.2) is 45.8 Å². The van der Waals surface area contributed by atoms with Crippen LogP contribution >= 0.6 is 0 Å². The maximum absolute atomic E-state index is 12.5. The Hall–Kier alpha value is -1.96. The molecule has 0 spiro atoms. The highest BCUT2D eigenvalue weighted by Gasteiger charge is 2.33. The van der Waals surface area contributed by atoms with E-state index in [0.29, 0.717) is 30.7 Å². The summed E-state index contributed by atoms with van der Waals surface area (Å²) in [5.41, 5.74) is 0. The molecule has 0 bridgehead atoms. The van der Waals surface area contributed by atoms with Crippen molar-refractivity contribution in [3.05, 3.63) is 5.82 Å². The molecule has 2 N–H and O–H groups in total. The van der Waals surface area contributed by atoms with Crippen molar-refractivity contribution in [1.29, 1.82) is 0 Å². The molecule has 0 aromatic carbocycles. The van der Waals surface area contributed by atoms with Crippen LogP contribution in [0.25, 0.3) is 0 Å². The summed E-state index contributed by atoms with van der Waals surface area (Å²) < 4.78 is 7.03. The molecule has 1 aromatic heterocycles. The van der Waals surface area contributed by atoms with Crippen molar-refractivity contribution < 1.29 is 14.3 Å². The molecule has 3 rings (SSSR count). The number of hydrogen-bond acceptors (Lipinski definition) is 5. The fourth-order valence-electron chi connectivity index (χ4n) is 2.90. The Morgan fingerprint density at radius 3 is 3.04 bits per heavy atom. The molecule has 126 valence electrons. The van der Waals surface area contributed by atoms with E-state index in [1.807, 2.05) is 0 Å². The van der Waals surface area contributed by atoms with Crippen molar-refractivity contribution in [1.82, 2.24) is 20.1 Å². The second kappa shape index (κ2) is 6.66. The van der Waals surface area contributed by atoms with Gasteiger partial charge in [0.05, 0.1) is 12.5 Å². The average molecular weight is 321 g/mol. The predicted molar refractivity (Wildman–Crippen MR) is 82.8 cm³/mol. The lowest BCUT2D eigenvalue weighted by Gasteiger charge is -2.23. The number of rotatable bonds is 5. The third-order valence-electron chi connectivity index (χ3n) is 4.02. The van der Waals surface area contributed by atoms with Gasteiger partial charge in [-0.15, -0.1) is 0 Å². The SMILES string of the molecule is CC(C)Cc1nc2n(n1)C(C(=O)NCC1CCCO1)CC(=O)N2. The van der Waals surface area contributed by atoms with Gasteiger partial charge in [-0.25, -0.2) is 4.68 Å². The molecular weight excluding hydrogens is 298 g/mol. The largest absolute Gasteiger partial charge is 0.376 e. The van der Waals surface area contributed by atoms with Gasteiger partial charge in [-0.2, -0.15) is 10.1 Å². The van der Waals surface area contributed by atoms with Crippen molar-refractivity contribution in [2.45, 2.75) is 51.7 Å². The summed E-state index contributed by atoms with van der Waals surface area (Å²) in [6.07, 6.45) is 2.84. The average Bonchev–Trinajstić information content (AvgIpc) is 3.11. The summed E-state index contributed by atoms with van der Waals surface area (Å²) in [7, 11) is 0. The second-order valence-electron chi connectivity index (χ2n) is 6.54. The summed E-state index contributed by atoms with van der Waals surface area (Å²) in [5, 5.41) is 9.96. The van der Waals surface area contributed by atoms with Gasteiger partial charge in [0.15, 0.2) is 5.82 Å². The van der Waals surface area contributed by atoms with Crippen LogP contribution in [0.3, 0.4) is 0 Å². The topological polar surface area (TPSA) is 98.1 Å². The maximum atomic E-state index is 12.5. The zero-order chi connectivity index (χ0) is 16.4. The number of ether oxygens (including phenoxy) is 1. The Kier molecular flexibility index (Phi) is 4.61. The van der Waals surface area contributed by atoms with Crippen LogP contribution in [0.2, 0.25) is 0 Å². The van der Waals surface area contributed by atoms with Gasteiger partial charge in [0.1, 0.15) is 6.04 Å². The van der Waals surface area contributed by atoms with Crippen LogP contribution in [0.15, 0.2) is 0 Å². The molecule has 1 aromatic rings. The Balaban J connectivity index is 1.70. The van der Waals surface area contributed by atoms with E-state index in [-0.39, 0.29) is 24.3 Å². The lowest BCUT2D eigenvalue weighted by Crippen LogP contribution is -2.41. The van der Waals surface area contributed by atoms with Crippen molar-refractivity contribution in [2.75, 3.05) is 18.5 Å². The third-order valence-corrected chi connectivity index (χ3v) is 4.02. The van der Waals surface area contributed by atoms with Gasteiger partial charge < -0.3 is 10.1 Å². The van der Waals surface area contributed by atoms with Crippen LogP contribution in [0.1, 0.15) is 45.0 Å². The Labute approximate surface area is 135 Å². The molecule has 2 aliphatic rings. The van der Waals surface area contributed by atoms with Gasteiger partial charge in [-0.3, -0.25) is 14.9 Å². The molecule has 0 radical (unpaired) electrons. The fourth-order valence-corrected chi connectivity index (χ4v) is 2.90. The van der Waals surface area contributed by atoms with Crippen molar-refractivity contribution >= 4 is 17.8 Å². The monoisotopic (exact) mass is 321 g/mol. The number of fused-ring (bicyclic) bond motifs is 1. The molecule has 2 unspecified atom stereocenters. The van der Waals surface area contributed by atoms with E-state index in [9.17, 15) is 9.59 Å². The lowest BCUT2D eigenvalue weighted by atomic mass is 10.1. The molecule has 2 amide bonds. The first-order valence-electron chi connectivity index (χ1n) is 8.17. The van der Waals surface area contributed by atoms with E-state index in [1.165, 1.54) is 4.68 Å². The Bertz CT molecular complexity index is 592. The number of nitrogens with zero attached hydrogens (tertiary/aromatic N) is 3. The number of aromatic nitrogens is 3. The number of nitrogens with one attached hydrogen (secondary N) is 2. The normalized spacial score (nSPS) is 23.7. The number of amides is 2. The number of anilines is 1. The molecule has 1 fully saturated rings.